The molecule has 0 aliphatic carbocycles. The van der Waals surface area contributed by atoms with E-state index in [2.05, 4.69) is 24.7 Å². The maximum absolute atomic E-state index is 10.0. The zero-order valence-corrected chi connectivity index (χ0v) is 11.6. The molecule has 0 unspecified atom stereocenters. The summed E-state index contributed by atoms with van der Waals surface area (Å²) in [5.41, 5.74) is 2.49. The Morgan fingerprint density at radius 2 is 1.76 bits per heavy atom. The number of hydrogen-bond donors (Lipinski definition) is 0. The number of ether oxygens (including phenoxy) is 1. The minimum absolute atomic E-state index is 0.211. The third-order valence-corrected chi connectivity index (χ3v) is 1.79. The van der Waals surface area contributed by atoms with Crippen LogP contribution in [0, 0.1) is 0 Å². The van der Waals surface area contributed by atoms with E-state index in [9.17, 15) is 9.59 Å². The largest absolute Gasteiger partial charge is 0.466 e. The smallest absolute Gasteiger partial charge is 0.302 e. The van der Waals surface area contributed by atoms with Gasteiger partial charge in [-0.2, -0.15) is 0 Å². The summed E-state index contributed by atoms with van der Waals surface area (Å²) in [6.45, 7) is 9.80. The van der Waals surface area contributed by atoms with E-state index >= 15 is 0 Å². The standard InChI is InChI=1S/C10H16O.C4H8O2/c1-9(2)5-4-6-10(3)7-8-11;1-3-6-4(2)5/h5,7-8H,4,6H2,1-3H3;3H2,1-2H3/b10-7+;. The van der Waals surface area contributed by atoms with Crippen LogP contribution in [0.5, 0.6) is 0 Å². The van der Waals surface area contributed by atoms with Gasteiger partial charge < -0.3 is 4.74 Å². The minimum Gasteiger partial charge on any atom is -0.466 e. The number of aldehydes is 1. The molecule has 98 valence electrons. The van der Waals surface area contributed by atoms with E-state index in [0.29, 0.717) is 6.61 Å². The Balaban J connectivity index is 0. The monoisotopic (exact) mass is 240 g/mol. The van der Waals surface area contributed by atoms with Crippen LogP contribution >= 0.6 is 0 Å². The van der Waals surface area contributed by atoms with Gasteiger partial charge in [0.05, 0.1) is 6.61 Å². The molecule has 0 N–H and O–H groups in total. The lowest BCUT2D eigenvalue weighted by Gasteiger charge is -1.94. The third-order valence-electron chi connectivity index (χ3n) is 1.79. The minimum atomic E-state index is -0.211. The average molecular weight is 240 g/mol. The van der Waals surface area contributed by atoms with Crippen LogP contribution in [0.2, 0.25) is 0 Å². The van der Waals surface area contributed by atoms with Crippen LogP contribution in [0.25, 0.3) is 0 Å². The van der Waals surface area contributed by atoms with Crippen molar-refractivity contribution in [3.05, 3.63) is 23.3 Å². The number of esters is 1. The zero-order valence-electron chi connectivity index (χ0n) is 11.6. The van der Waals surface area contributed by atoms with Crippen LogP contribution in [0.3, 0.4) is 0 Å². The number of carbonyl (C=O) groups is 2. The highest BCUT2D eigenvalue weighted by Crippen LogP contribution is 2.05. The van der Waals surface area contributed by atoms with Gasteiger partial charge in [0.1, 0.15) is 6.29 Å². The molecule has 0 aromatic rings. The highest BCUT2D eigenvalue weighted by atomic mass is 16.5. The first-order chi connectivity index (χ1) is 7.93. The van der Waals surface area contributed by atoms with Crippen LogP contribution in [0.15, 0.2) is 23.3 Å². The van der Waals surface area contributed by atoms with Crippen molar-refractivity contribution >= 4 is 12.3 Å². The first kappa shape index (κ1) is 18.0. The fourth-order valence-electron chi connectivity index (χ4n) is 0.991. The molecule has 0 radical (unpaired) electrons. The van der Waals surface area contributed by atoms with Gasteiger partial charge in [0.15, 0.2) is 0 Å². The van der Waals surface area contributed by atoms with Gasteiger partial charge in [0.25, 0.3) is 0 Å². The van der Waals surface area contributed by atoms with Crippen molar-refractivity contribution in [2.75, 3.05) is 6.61 Å². The normalized spacial score (nSPS) is 9.82. The molecule has 0 bridgehead atoms. The average Bonchev–Trinajstić information content (AvgIpc) is 2.18. The molecule has 0 atom stereocenters. The van der Waals surface area contributed by atoms with Gasteiger partial charge in [-0.1, -0.05) is 17.2 Å². The summed E-state index contributed by atoms with van der Waals surface area (Å²) in [5, 5.41) is 0. The molecule has 0 aromatic carbocycles. The van der Waals surface area contributed by atoms with E-state index in [0.717, 1.165) is 24.7 Å². The van der Waals surface area contributed by atoms with Crippen molar-refractivity contribution in [3.63, 3.8) is 0 Å². The molecule has 0 spiro atoms. The van der Waals surface area contributed by atoms with Gasteiger partial charge in [0, 0.05) is 6.92 Å². The van der Waals surface area contributed by atoms with Crippen LogP contribution < -0.4 is 0 Å². The van der Waals surface area contributed by atoms with Crippen molar-refractivity contribution in [2.24, 2.45) is 0 Å². The Labute approximate surface area is 105 Å². The van der Waals surface area contributed by atoms with Crippen molar-refractivity contribution in [2.45, 2.75) is 47.5 Å². The Bertz CT molecular complexity index is 271. The predicted molar refractivity (Wildman–Crippen MR) is 70.8 cm³/mol. The Kier molecular flexibility index (Phi) is 13.4. The van der Waals surface area contributed by atoms with Gasteiger partial charge in [-0.05, 0) is 46.6 Å². The molecule has 0 aliphatic rings. The van der Waals surface area contributed by atoms with Gasteiger partial charge in [0.2, 0.25) is 0 Å². The van der Waals surface area contributed by atoms with Crippen molar-refractivity contribution < 1.29 is 14.3 Å². The van der Waals surface area contributed by atoms with Crippen LogP contribution in [-0.4, -0.2) is 18.9 Å². The summed E-state index contributed by atoms with van der Waals surface area (Å²) in [4.78, 5) is 19.8. The summed E-state index contributed by atoms with van der Waals surface area (Å²) in [5.74, 6) is -0.211. The molecule has 0 aliphatic heterocycles. The van der Waals surface area contributed by atoms with E-state index in [1.807, 2.05) is 6.92 Å². The second-order valence-corrected chi connectivity index (χ2v) is 3.89. The highest BCUT2D eigenvalue weighted by molar-refractivity contribution is 5.66. The van der Waals surface area contributed by atoms with Crippen molar-refractivity contribution in [1.29, 1.82) is 0 Å². The SMILES string of the molecule is CC(C)=CCC/C(C)=C/C=O.CCOC(C)=O. The molecule has 17 heavy (non-hydrogen) atoms. The van der Waals surface area contributed by atoms with Crippen LogP contribution in [0.1, 0.15) is 47.5 Å². The van der Waals surface area contributed by atoms with E-state index < -0.39 is 0 Å². The molecule has 0 saturated carbocycles. The van der Waals surface area contributed by atoms with Gasteiger partial charge in [-0.3, -0.25) is 9.59 Å². The van der Waals surface area contributed by atoms with E-state index in [-0.39, 0.29) is 5.97 Å². The van der Waals surface area contributed by atoms with Gasteiger partial charge >= 0.3 is 5.97 Å². The molecule has 0 heterocycles. The predicted octanol–water partition coefficient (Wildman–Crippen LogP) is 3.45. The summed E-state index contributed by atoms with van der Waals surface area (Å²) in [6, 6.07) is 0. The summed E-state index contributed by atoms with van der Waals surface area (Å²) in [7, 11) is 0. The van der Waals surface area contributed by atoms with E-state index in [4.69, 9.17) is 0 Å². The molecule has 0 amide bonds. The van der Waals surface area contributed by atoms with Gasteiger partial charge in [-0.25, -0.2) is 0 Å². The first-order valence-electron chi connectivity index (χ1n) is 5.81. The molecule has 0 saturated heterocycles. The topological polar surface area (TPSA) is 43.4 Å². The quantitative estimate of drug-likeness (QED) is 0.320. The van der Waals surface area contributed by atoms with Crippen LogP contribution in [-0.2, 0) is 14.3 Å². The molecule has 0 fully saturated rings. The Morgan fingerprint density at radius 3 is 2.06 bits per heavy atom. The zero-order chi connectivity index (χ0) is 13.7. The fraction of sp³-hybridized carbons (Fsp3) is 0.571. The molecule has 0 aromatic heterocycles. The van der Waals surface area contributed by atoms with Crippen molar-refractivity contribution in [3.8, 4) is 0 Å². The van der Waals surface area contributed by atoms with E-state index in [1.54, 1.807) is 13.0 Å². The molecule has 3 heteroatoms. The van der Waals surface area contributed by atoms with Gasteiger partial charge in [-0.15, -0.1) is 0 Å². The highest BCUT2D eigenvalue weighted by Gasteiger charge is 1.86. The number of carbonyl (C=O) groups excluding carboxylic acids is 2. The fourth-order valence-corrected chi connectivity index (χ4v) is 0.991. The lowest BCUT2D eigenvalue weighted by molar-refractivity contribution is -0.140. The lowest BCUT2D eigenvalue weighted by atomic mass is 10.1. The maximum Gasteiger partial charge on any atom is 0.302 e. The first-order valence-corrected chi connectivity index (χ1v) is 5.81. The number of hydrogen-bond acceptors (Lipinski definition) is 3. The number of allylic oxidation sites excluding steroid dienone is 4. The molecular formula is C14H24O3. The second-order valence-electron chi connectivity index (χ2n) is 3.89. The molecule has 0 rings (SSSR count). The van der Waals surface area contributed by atoms with E-state index in [1.165, 1.54) is 12.5 Å². The second kappa shape index (κ2) is 12.7. The summed E-state index contributed by atoms with van der Waals surface area (Å²) in [6.07, 6.45) is 6.68. The molecular weight excluding hydrogens is 216 g/mol. The van der Waals surface area contributed by atoms with Crippen molar-refractivity contribution in [1.82, 2.24) is 0 Å². The summed E-state index contributed by atoms with van der Waals surface area (Å²) < 4.78 is 4.40. The summed E-state index contributed by atoms with van der Waals surface area (Å²) >= 11 is 0. The Hall–Kier alpha value is -1.38. The molecule has 3 nitrogen and oxygen atoms in total. The number of rotatable bonds is 5. The maximum atomic E-state index is 10.0. The third kappa shape index (κ3) is 20.6. The lowest BCUT2D eigenvalue weighted by Crippen LogP contribution is -1.95. The Morgan fingerprint density at radius 1 is 1.18 bits per heavy atom. The van der Waals surface area contributed by atoms with Crippen LogP contribution in [0.4, 0.5) is 0 Å².